The third kappa shape index (κ3) is 4.42. The van der Waals surface area contributed by atoms with Crippen molar-refractivity contribution in [2.75, 3.05) is 23.4 Å². The van der Waals surface area contributed by atoms with E-state index in [1.807, 2.05) is 11.8 Å². The summed E-state index contributed by atoms with van der Waals surface area (Å²) in [5.41, 5.74) is 0.982. The molecule has 2 N–H and O–H groups in total. The second-order valence-electron chi connectivity index (χ2n) is 4.85. The van der Waals surface area contributed by atoms with Crippen LogP contribution < -0.4 is 10.6 Å². The fraction of sp³-hybridized carbons (Fsp3) is 0.462. The quantitative estimate of drug-likeness (QED) is 0.625. The summed E-state index contributed by atoms with van der Waals surface area (Å²) in [6.45, 7) is 2.57. The SMILES string of the molecule is Cc1cc(Br)c(NC(=O)CC2CSCCN2)cc1[N+](=O)[O-]. The molecule has 1 aromatic carbocycles. The van der Waals surface area contributed by atoms with Crippen LogP contribution in [0.25, 0.3) is 0 Å². The lowest BCUT2D eigenvalue weighted by Crippen LogP contribution is -2.39. The Morgan fingerprint density at radius 1 is 1.62 bits per heavy atom. The van der Waals surface area contributed by atoms with Crippen LogP contribution in [0.2, 0.25) is 0 Å². The summed E-state index contributed by atoms with van der Waals surface area (Å²) in [7, 11) is 0. The van der Waals surface area contributed by atoms with E-state index in [1.54, 1.807) is 13.0 Å². The normalized spacial score (nSPS) is 18.3. The minimum absolute atomic E-state index is 0.000142. The number of carbonyl (C=O) groups excluding carboxylic acids is 1. The Morgan fingerprint density at radius 3 is 3.00 bits per heavy atom. The van der Waals surface area contributed by atoms with Crippen molar-refractivity contribution >= 4 is 45.0 Å². The molecule has 0 aliphatic carbocycles. The Labute approximate surface area is 135 Å². The van der Waals surface area contributed by atoms with Crippen LogP contribution in [0.4, 0.5) is 11.4 Å². The van der Waals surface area contributed by atoms with Gasteiger partial charge < -0.3 is 10.6 Å². The van der Waals surface area contributed by atoms with Gasteiger partial charge >= 0.3 is 0 Å². The number of hydrogen-bond donors (Lipinski definition) is 2. The molecule has 1 aromatic rings. The van der Waals surface area contributed by atoms with Crippen LogP contribution in [0, 0.1) is 17.0 Å². The van der Waals surface area contributed by atoms with Crippen LogP contribution in [-0.2, 0) is 4.79 Å². The zero-order valence-electron chi connectivity index (χ0n) is 11.5. The summed E-state index contributed by atoms with van der Waals surface area (Å²) in [5.74, 6) is 1.82. The molecule has 0 radical (unpaired) electrons. The maximum Gasteiger partial charge on any atom is 0.274 e. The summed E-state index contributed by atoms with van der Waals surface area (Å²) in [6.07, 6.45) is 0.362. The number of nitro groups is 1. The zero-order valence-corrected chi connectivity index (χ0v) is 13.9. The average Bonchev–Trinajstić information content (AvgIpc) is 2.42. The molecule has 1 amide bonds. The number of halogens is 1. The fourth-order valence-corrected chi connectivity index (χ4v) is 3.64. The molecule has 0 aromatic heterocycles. The molecule has 8 heteroatoms. The topological polar surface area (TPSA) is 84.3 Å². The number of thioether (sulfide) groups is 1. The highest BCUT2D eigenvalue weighted by atomic mass is 79.9. The summed E-state index contributed by atoms with van der Waals surface area (Å²) in [6, 6.07) is 3.19. The molecule has 1 aliphatic heterocycles. The Balaban J connectivity index is 2.06. The molecule has 1 heterocycles. The smallest absolute Gasteiger partial charge is 0.274 e. The average molecular weight is 374 g/mol. The van der Waals surface area contributed by atoms with Gasteiger partial charge in [-0.05, 0) is 28.9 Å². The van der Waals surface area contributed by atoms with E-state index in [-0.39, 0.29) is 17.6 Å². The molecule has 21 heavy (non-hydrogen) atoms. The van der Waals surface area contributed by atoms with Crippen molar-refractivity contribution in [1.82, 2.24) is 5.32 Å². The molecule has 1 atom stereocenters. The second kappa shape index (κ2) is 7.24. The van der Waals surface area contributed by atoms with Crippen molar-refractivity contribution in [3.05, 3.63) is 32.3 Å². The van der Waals surface area contributed by atoms with E-state index in [1.165, 1.54) is 6.07 Å². The molecule has 1 saturated heterocycles. The third-order valence-electron chi connectivity index (χ3n) is 3.19. The van der Waals surface area contributed by atoms with E-state index in [2.05, 4.69) is 26.6 Å². The van der Waals surface area contributed by atoms with E-state index in [9.17, 15) is 14.9 Å². The van der Waals surface area contributed by atoms with Crippen molar-refractivity contribution in [3.8, 4) is 0 Å². The summed E-state index contributed by atoms with van der Waals surface area (Å²) < 4.78 is 0.643. The van der Waals surface area contributed by atoms with E-state index in [4.69, 9.17) is 0 Å². The number of hydrogen-bond acceptors (Lipinski definition) is 5. The van der Waals surface area contributed by atoms with Crippen LogP contribution in [-0.4, -0.2) is 34.9 Å². The predicted octanol–water partition coefficient (Wildman–Crippen LogP) is 2.70. The first kappa shape index (κ1) is 16.3. The van der Waals surface area contributed by atoms with Gasteiger partial charge in [-0.1, -0.05) is 0 Å². The molecular formula is C13H16BrN3O3S. The third-order valence-corrected chi connectivity index (χ3v) is 4.97. The van der Waals surface area contributed by atoms with Crippen LogP contribution in [0.5, 0.6) is 0 Å². The molecule has 0 bridgehead atoms. The Hall–Kier alpha value is -1.12. The van der Waals surface area contributed by atoms with Gasteiger partial charge in [0.1, 0.15) is 0 Å². The number of amides is 1. The monoisotopic (exact) mass is 373 g/mol. The number of aryl methyl sites for hydroxylation is 1. The first-order valence-corrected chi connectivity index (χ1v) is 8.47. The van der Waals surface area contributed by atoms with Gasteiger partial charge in [-0.25, -0.2) is 0 Å². The lowest BCUT2D eigenvalue weighted by atomic mass is 10.1. The Kier molecular flexibility index (Phi) is 5.60. The van der Waals surface area contributed by atoms with Crippen LogP contribution in [0.3, 0.4) is 0 Å². The molecule has 1 fully saturated rings. The van der Waals surface area contributed by atoms with E-state index < -0.39 is 4.92 Å². The van der Waals surface area contributed by atoms with Gasteiger partial charge in [-0.2, -0.15) is 11.8 Å². The number of nitrogens with one attached hydrogen (secondary N) is 2. The van der Waals surface area contributed by atoms with Gasteiger partial charge in [0.15, 0.2) is 0 Å². The van der Waals surface area contributed by atoms with E-state index in [0.29, 0.717) is 22.1 Å². The maximum absolute atomic E-state index is 12.0. The van der Waals surface area contributed by atoms with Gasteiger partial charge in [0.05, 0.1) is 10.6 Å². The lowest BCUT2D eigenvalue weighted by Gasteiger charge is -2.22. The highest BCUT2D eigenvalue weighted by Gasteiger charge is 2.19. The first-order valence-electron chi connectivity index (χ1n) is 6.53. The Morgan fingerprint density at radius 2 is 2.38 bits per heavy atom. The largest absolute Gasteiger partial charge is 0.325 e. The second-order valence-corrected chi connectivity index (χ2v) is 6.86. The molecule has 0 saturated carbocycles. The maximum atomic E-state index is 12.0. The summed E-state index contributed by atoms with van der Waals surface area (Å²) >= 11 is 5.15. The predicted molar refractivity (Wildman–Crippen MR) is 87.9 cm³/mol. The summed E-state index contributed by atoms with van der Waals surface area (Å²) in [5, 5.41) is 17.0. The molecule has 1 aliphatic rings. The molecule has 0 spiro atoms. The van der Waals surface area contributed by atoms with Gasteiger partial charge in [0.2, 0.25) is 5.91 Å². The number of nitro benzene ring substituents is 1. The van der Waals surface area contributed by atoms with Crippen LogP contribution in [0.15, 0.2) is 16.6 Å². The van der Waals surface area contributed by atoms with Crippen molar-refractivity contribution < 1.29 is 9.72 Å². The lowest BCUT2D eigenvalue weighted by molar-refractivity contribution is -0.385. The van der Waals surface area contributed by atoms with Crippen molar-refractivity contribution in [1.29, 1.82) is 0 Å². The molecular weight excluding hydrogens is 358 g/mol. The minimum atomic E-state index is -0.448. The van der Waals surface area contributed by atoms with Crippen LogP contribution >= 0.6 is 27.7 Å². The molecule has 1 unspecified atom stereocenters. The van der Waals surface area contributed by atoms with Crippen molar-refractivity contribution in [2.45, 2.75) is 19.4 Å². The summed E-state index contributed by atoms with van der Waals surface area (Å²) in [4.78, 5) is 22.6. The zero-order chi connectivity index (χ0) is 15.4. The van der Waals surface area contributed by atoms with Crippen molar-refractivity contribution in [3.63, 3.8) is 0 Å². The Bertz CT molecular complexity index is 562. The fourth-order valence-electron chi connectivity index (χ4n) is 2.13. The minimum Gasteiger partial charge on any atom is -0.325 e. The number of benzene rings is 1. The standard InChI is InChI=1S/C13H16BrN3O3S/c1-8-4-10(14)11(6-12(8)17(19)20)16-13(18)5-9-7-21-3-2-15-9/h4,6,9,15H,2-3,5,7H2,1H3,(H,16,18). The number of anilines is 1. The molecule has 6 nitrogen and oxygen atoms in total. The van der Waals surface area contributed by atoms with Gasteiger partial charge in [0.25, 0.3) is 5.69 Å². The number of nitrogens with zero attached hydrogens (tertiary/aromatic N) is 1. The van der Waals surface area contributed by atoms with Gasteiger partial charge in [-0.3, -0.25) is 14.9 Å². The van der Waals surface area contributed by atoms with E-state index in [0.717, 1.165) is 18.1 Å². The highest BCUT2D eigenvalue weighted by Crippen LogP contribution is 2.30. The van der Waals surface area contributed by atoms with Crippen molar-refractivity contribution in [2.24, 2.45) is 0 Å². The number of rotatable bonds is 4. The van der Waals surface area contributed by atoms with Gasteiger partial charge in [0, 0.05) is 46.6 Å². The van der Waals surface area contributed by atoms with E-state index >= 15 is 0 Å². The molecule has 114 valence electrons. The van der Waals surface area contributed by atoms with Gasteiger partial charge in [-0.15, -0.1) is 0 Å². The van der Waals surface area contributed by atoms with Crippen LogP contribution in [0.1, 0.15) is 12.0 Å². The first-order chi connectivity index (χ1) is 9.97. The number of carbonyl (C=O) groups is 1. The molecule has 2 rings (SSSR count). The highest BCUT2D eigenvalue weighted by molar-refractivity contribution is 9.10.